The summed E-state index contributed by atoms with van der Waals surface area (Å²) in [7, 11) is 1.64. The maximum atomic E-state index is 13.1. The van der Waals surface area contributed by atoms with Gasteiger partial charge in [0.25, 0.3) is 0 Å². The fourth-order valence-electron chi connectivity index (χ4n) is 12.2. The Balaban J connectivity index is 3.90. The Morgan fingerprint density at radius 1 is 0.361 bits per heavy atom. The minimum atomic E-state index is -4.33. The third kappa shape index (κ3) is 68.8. The molecular formula is C74H152N2O6P+. The highest BCUT2D eigenvalue weighted by Gasteiger charge is 2.28. The van der Waals surface area contributed by atoms with Crippen molar-refractivity contribution >= 4 is 13.7 Å². The van der Waals surface area contributed by atoms with Gasteiger partial charge >= 0.3 is 7.82 Å². The minimum Gasteiger partial charge on any atom is -0.391 e. The molecule has 0 radical (unpaired) electrons. The van der Waals surface area contributed by atoms with E-state index in [-0.39, 0.29) is 19.1 Å². The first kappa shape index (κ1) is 82.5. The molecule has 3 unspecified atom stereocenters. The summed E-state index contributed by atoms with van der Waals surface area (Å²) in [6.45, 7) is 4.97. The Hall–Kier alpha value is -0.500. The van der Waals surface area contributed by atoms with Crippen LogP contribution in [0.1, 0.15) is 418 Å². The van der Waals surface area contributed by atoms with Crippen LogP contribution >= 0.6 is 7.82 Å². The number of hydrogen-bond donors (Lipinski definition) is 3. The number of quaternary nitrogens is 1. The highest BCUT2D eigenvalue weighted by Crippen LogP contribution is 2.43. The summed E-state index contributed by atoms with van der Waals surface area (Å²) in [6, 6.07) is -0.757. The second-order valence-electron chi connectivity index (χ2n) is 27.8. The van der Waals surface area contributed by atoms with Crippen LogP contribution in [0.5, 0.6) is 0 Å². The molecule has 8 nitrogen and oxygen atoms in total. The van der Waals surface area contributed by atoms with Gasteiger partial charge in [-0.25, -0.2) is 4.57 Å². The largest absolute Gasteiger partial charge is 0.472 e. The lowest BCUT2D eigenvalue weighted by atomic mass is 10.0. The number of hydrogen-bond acceptors (Lipinski definition) is 5. The first-order valence-electron chi connectivity index (χ1n) is 37.9. The molecule has 3 atom stereocenters. The van der Waals surface area contributed by atoms with Crippen molar-refractivity contribution in [3.05, 3.63) is 0 Å². The van der Waals surface area contributed by atoms with Crippen LogP contribution in [0.4, 0.5) is 0 Å². The maximum absolute atomic E-state index is 13.1. The Morgan fingerprint density at radius 3 is 0.807 bits per heavy atom. The molecule has 83 heavy (non-hydrogen) atoms. The molecule has 0 rings (SSSR count). The lowest BCUT2D eigenvalue weighted by molar-refractivity contribution is -0.870. The molecule has 0 aromatic rings. The Morgan fingerprint density at radius 2 is 0.578 bits per heavy atom. The van der Waals surface area contributed by atoms with Gasteiger partial charge in [0.15, 0.2) is 0 Å². The van der Waals surface area contributed by atoms with Crippen molar-refractivity contribution in [2.24, 2.45) is 0 Å². The van der Waals surface area contributed by atoms with Gasteiger partial charge in [0.2, 0.25) is 5.91 Å². The average molecular weight is 1200 g/mol. The molecule has 0 spiro atoms. The molecule has 498 valence electrons. The van der Waals surface area contributed by atoms with Crippen molar-refractivity contribution in [3.63, 3.8) is 0 Å². The number of nitrogens with zero attached hydrogens (tertiary/aromatic N) is 1. The van der Waals surface area contributed by atoms with E-state index in [9.17, 15) is 19.4 Å². The van der Waals surface area contributed by atoms with E-state index in [0.29, 0.717) is 23.9 Å². The smallest absolute Gasteiger partial charge is 0.391 e. The first-order valence-corrected chi connectivity index (χ1v) is 39.4. The second kappa shape index (κ2) is 65.9. The zero-order valence-electron chi connectivity index (χ0n) is 57.2. The summed E-state index contributed by atoms with van der Waals surface area (Å²) in [5, 5.41) is 14.2. The Labute approximate surface area is 520 Å². The van der Waals surface area contributed by atoms with Crippen molar-refractivity contribution in [2.75, 3.05) is 40.9 Å². The predicted octanol–water partition coefficient (Wildman–Crippen LogP) is 24.3. The van der Waals surface area contributed by atoms with Gasteiger partial charge in [-0.3, -0.25) is 13.8 Å². The van der Waals surface area contributed by atoms with Crippen LogP contribution in [0, 0.1) is 0 Å². The number of nitrogens with one attached hydrogen (secondary N) is 1. The van der Waals surface area contributed by atoms with Crippen LogP contribution in [-0.4, -0.2) is 73.4 Å². The number of carbonyl (C=O) groups is 1. The molecule has 0 heterocycles. The van der Waals surface area contributed by atoms with Gasteiger partial charge in [-0.1, -0.05) is 399 Å². The summed E-state index contributed by atoms with van der Waals surface area (Å²) in [5.41, 5.74) is 0. The van der Waals surface area contributed by atoms with Crippen LogP contribution in [0.2, 0.25) is 0 Å². The van der Waals surface area contributed by atoms with Gasteiger partial charge in [0.05, 0.1) is 39.9 Å². The number of aliphatic hydroxyl groups excluding tert-OH is 1. The topological polar surface area (TPSA) is 105 Å². The molecule has 0 saturated carbocycles. The molecule has 0 aliphatic rings. The van der Waals surface area contributed by atoms with Gasteiger partial charge in [-0.05, 0) is 12.8 Å². The van der Waals surface area contributed by atoms with Gasteiger partial charge in [-0.15, -0.1) is 0 Å². The van der Waals surface area contributed by atoms with E-state index in [4.69, 9.17) is 9.05 Å². The molecule has 0 aliphatic carbocycles. The minimum absolute atomic E-state index is 0.0795. The molecule has 0 aromatic carbocycles. The lowest BCUT2D eigenvalue weighted by Crippen LogP contribution is -2.46. The van der Waals surface area contributed by atoms with Crippen LogP contribution in [-0.2, 0) is 18.4 Å². The van der Waals surface area contributed by atoms with Crippen LogP contribution in [0.15, 0.2) is 0 Å². The summed E-state index contributed by atoms with van der Waals surface area (Å²) < 4.78 is 23.9. The number of amides is 1. The average Bonchev–Trinajstić information content (AvgIpc) is 3.49. The number of unbranched alkanes of at least 4 members (excludes halogenated alkanes) is 59. The Bertz CT molecular complexity index is 1310. The number of rotatable bonds is 72. The molecule has 0 saturated heterocycles. The zero-order chi connectivity index (χ0) is 60.5. The van der Waals surface area contributed by atoms with Crippen molar-refractivity contribution < 1.29 is 32.9 Å². The van der Waals surface area contributed by atoms with Crippen molar-refractivity contribution in [2.45, 2.75) is 431 Å². The van der Waals surface area contributed by atoms with Crippen molar-refractivity contribution in [1.29, 1.82) is 0 Å². The van der Waals surface area contributed by atoms with Gasteiger partial charge < -0.3 is 19.8 Å². The SMILES string of the molecule is CCCCCCCCCCCCCCCCCCCCCCCCCCCCCCCCCCCCCCC(=O)NC(COP(=O)(O)OCC[N+](C)(C)C)C(O)CCCCCCCCCCCCCCCCCCCCCCCCCCC. The molecular weight excluding hydrogens is 1040 g/mol. The Kier molecular flexibility index (Phi) is 65.5. The van der Waals surface area contributed by atoms with E-state index >= 15 is 0 Å². The van der Waals surface area contributed by atoms with Gasteiger partial charge in [0.1, 0.15) is 13.2 Å². The summed E-state index contributed by atoms with van der Waals surface area (Å²) in [5.74, 6) is -0.132. The first-order chi connectivity index (χ1) is 40.5. The maximum Gasteiger partial charge on any atom is 0.472 e. The highest BCUT2D eigenvalue weighted by atomic mass is 31.2. The van der Waals surface area contributed by atoms with Crippen LogP contribution in [0.25, 0.3) is 0 Å². The molecule has 0 aliphatic heterocycles. The number of phosphoric acid groups is 1. The molecule has 1 amide bonds. The number of likely N-dealkylation sites (N-methyl/N-ethyl adjacent to an activating group) is 1. The van der Waals surface area contributed by atoms with E-state index in [0.717, 1.165) is 38.5 Å². The van der Waals surface area contributed by atoms with Crippen molar-refractivity contribution in [1.82, 2.24) is 5.32 Å². The monoisotopic (exact) mass is 1200 g/mol. The van der Waals surface area contributed by atoms with E-state index in [1.165, 1.54) is 353 Å². The molecule has 9 heteroatoms. The van der Waals surface area contributed by atoms with E-state index in [1.807, 2.05) is 21.1 Å². The number of phosphoric ester groups is 1. The van der Waals surface area contributed by atoms with E-state index in [1.54, 1.807) is 0 Å². The van der Waals surface area contributed by atoms with Crippen LogP contribution < -0.4 is 5.32 Å². The third-order valence-electron chi connectivity index (χ3n) is 18.1. The second-order valence-corrected chi connectivity index (χ2v) is 29.2. The predicted molar refractivity (Wildman–Crippen MR) is 365 cm³/mol. The quantitative estimate of drug-likeness (QED) is 0.0318. The normalized spacial score (nSPS) is 13.5. The lowest BCUT2D eigenvalue weighted by Gasteiger charge is -2.26. The highest BCUT2D eigenvalue weighted by molar-refractivity contribution is 7.47. The molecule has 0 bridgehead atoms. The molecule has 3 N–H and O–H groups in total. The number of carbonyl (C=O) groups excluding carboxylic acids is 1. The molecule has 0 aromatic heterocycles. The third-order valence-corrected chi connectivity index (χ3v) is 19.1. The van der Waals surface area contributed by atoms with Crippen molar-refractivity contribution in [3.8, 4) is 0 Å². The zero-order valence-corrected chi connectivity index (χ0v) is 58.1. The fraction of sp³-hybridized carbons (Fsp3) is 0.986. The summed E-state index contributed by atoms with van der Waals surface area (Å²) in [4.78, 5) is 23.5. The summed E-state index contributed by atoms with van der Waals surface area (Å²) >= 11 is 0. The van der Waals surface area contributed by atoms with Gasteiger partial charge in [0, 0.05) is 6.42 Å². The van der Waals surface area contributed by atoms with E-state index in [2.05, 4.69) is 19.2 Å². The standard InChI is InChI=1S/C74H151N2O6P/c1-6-8-10-12-14-16-18-20-22-24-26-28-30-32-33-34-35-36-37-38-39-40-41-42-44-46-48-50-52-54-56-58-60-62-64-66-68-74(78)75-72(71-82-83(79,80)81-70-69-76(3,4)5)73(77)67-65-63-61-59-57-55-53-51-49-47-45-43-31-29-27-25-23-21-19-17-15-13-11-9-7-2/h72-73,77H,6-71H2,1-5H3,(H-,75,78,79,80)/p+1. The number of aliphatic hydroxyl groups is 1. The van der Waals surface area contributed by atoms with Crippen LogP contribution in [0.3, 0.4) is 0 Å². The summed E-state index contributed by atoms with van der Waals surface area (Å²) in [6.07, 6.45) is 83.8. The molecule has 0 fully saturated rings. The van der Waals surface area contributed by atoms with Gasteiger partial charge in [-0.2, -0.15) is 0 Å². The fourth-order valence-corrected chi connectivity index (χ4v) is 13.0. The van der Waals surface area contributed by atoms with E-state index < -0.39 is 20.0 Å².